The number of hydrogen-bond acceptors (Lipinski definition) is 5. The minimum atomic E-state index is -0.489. The summed E-state index contributed by atoms with van der Waals surface area (Å²) < 4.78 is 1.54. The quantitative estimate of drug-likeness (QED) is 0.558. The molecule has 1 heterocycles. The minimum absolute atomic E-state index is 0.0628. The van der Waals surface area contributed by atoms with Crippen LogP contribution in [0.3, 0.4) is 0 Å². The summed E-state index contributed by atoms with van der Waals surface area (Å²) in [7, 11) is 0. The van der Waals surface area contributed by atoms with Crippen LogP contribution >= 0.6 is 11.8 Å². The Morgan fingerprint density at radius 3 is 2.44 bits per heavy atom. The van der Waals surface area contributed by atoms with Crippen LogP contribution in [-0.4, -0.2) is 31.7 Å². The normalized spacial score (nSPS) is 12.6. The Morgan fingerprint density at radius 1 is 1.26 bits per heavy atom. The maximum atomic E-state index is 12.7. The van der Waals surface area contributed by atoms with Gasteiger partial charge in [0.25, 0.3) is 0 Å². The van der Waals surface area contributed by atoms with Crippen molar-refractivity contribution in [1.29, 1.82) is 0 Å². The predicted octanol–water partition coefficient (Wildman–Crippen LogP) is 3.33. The van der Waals surface area contributed by atoms with Crippen molar-refractivity contribution in [2.45, 2.75) is 58.0 Å². The third-order valence-electron chi connectivity index (χ3n) is 3.93. The lowest BCUT2D eigenvalue weighted by Crippen LogP contribution is -2.27. The van der Waals surface area contributed by atoms with E-state index < -0.39 is 10.7 Å². The van der Waals surface area contributed by atoms with Crippen molar-refractivity contribution >= 4 is 29.1 Å². The van der Waals surface area contributed by atoms with Gasteiger partial charge in [-0.15, -0.1) is 5.10 Å². The highest BCUT2D eigenvalue weighted by Crippen LogP contribution is 2.24. The number of hydrogen-bond donors (Lipinski definition) is 2. The van der Waals surface area contributed by atoms with Crippen LogP contribution in [0.2, 0.25) is 0 Å². The highest BCUT2D eigenvalue weighted by Gasteiger charge is 2.22. The summed E-state index contributed by atoms with van der Waals surface area (Å²) in [5, 5.41) is 9.38. The average Bonchev–Trinajstić information content (AvgIpc) is 2.94. The van der Waals surface area contributed by atoms with E-state index in [0.717, 1.165) is 6.42 Å². The molecule has 0 saturated carbocycles. The van der Waals surface area contributed by atoms with Crippen LogP contribution in [0.15, 0.2) is 34.2 Å². The third kappa shape index (κ3) is 5.32. The van der Waals surface area contributed by atoms with E-state index in [1.165, 1.54) is 11.8 Å². The van der Waals surface area contributed by atoms with Gasteiger partial charge in [-0.3, -0.25) is 14.2 Å². The molecule has 7 nitrogen and oxygen atoms in total. The number of nitrogens with one attached hydrogen (secondary N) is 2. The summed E-state index contributed by atoms with van der Waals surface area (Å²) in [5.41, 5.74) is 0.440. The molecule has 0 aliphatic rings. The SMILES string of the molecule is CCCn1c(S[C@H](C)C(=O)c2ccc(NC(=O)C(C)(C)C)cc2)n[nH]c1=O. The van der Waals surface area contributed by atoms with Crippen LogP contribution in [0.4, 0.5) is 5.69 Å². The molecule has 0 bridgehead atoms. The summed E-state index contributed by atoms with van der Waals surface area (Å²) in [4.78, 5) is 36.5. The fourth-order valence-corrected chi connectivity index (χ4v) is 3.26. The number of Topliss-reactive ketones (excluding diaryl/α,β-unsaturated/α-hetero) is 1. The number of anilines is 1. The Bertz CT molecular complexity index is 862. The topological polar surface area (TPSA) is 96.8 Å². The molecule has 1 aromatic carbocycles. The van der Waals surface area contributed by atoms with E-state index in [2.05, 4.69) is 15.5 Å². The smallest absolute Gasteiger partial charge is 0.326 e. The Labute approximate surface area is 162 Å². The Kier molecular flexibility index (Phi) is 6.64. The first kappa shape index (κ1) is 21.0. The molecule has 27 heavy (non-hydrogen) atoms. The standard InChI is InChI=1S/C19H26N4O3S/c1-6-11-23-17(26)21-22-18(23)27-12(2)15(24)13-7-9-14(10-8-13)20-16(25)19(3,4)5/h7-10,12H,6,11H2,1-5H3,(H,20,25)(H,21,26)/t12-/m1/s1. The number of carbonyl (C=O) groups excluding carboxylic acids is 2. The van der Waals surface area contributed by atoms with E-state index >= 15 is 0 Å². The second-order valence-corrected chi connectivity index (χ2v) is 8.68. The van der Waals surface area contributed by atoms with Crippen molar-refractivity contribution in [2.75, 3.05) is 5.32 Å². The second-order valence-electron chi connectivity index (χ2n) is 7.37. The van der Waals surface area contributed by atoms with Gasteiger partial charge in [-0.05, 0) is 37.6 Å². The number of nitrogens with zero attached hydrogens (tertiary/aromatic N) is 2. The molecule has 1 aromatic heterocycles. The van der Waals surface area contributed by atoms with Crippen LogP contribution in [0, 0.1) is 5.41 Å². The molecule has 0 spiro atoms. The van der Waals surface area contributed by atoms with Gasteiger partial charge in [-0.2, -0.15) is 0 Å². The first-order chi connectivity index (χ1) is 12.6. The average molecular weight is 391 g/mol. The van der Waals surface area contributed by atoms with E-state index in [1.807, 2.05) is 27.7 Å². The molecule has 0 aliphatic carbocycles. The lowest BCUT2D eigenvalue weighted by Gasteiger charge is -2.17. The number of rotatable bonds is 7. The Balaban J connectivity index is 2.07. The fourth-order valence-electron chi connectivity index (χ4n) is 2.30. The minimum Gasteiger partial charge on any atom is -0.326 e. The number of benzene rings is 1. The molecule has 146 valence electrons. The third-order valence-corrected chi connectivity index (χ3v) is 5.02. The molecule has 2 aromatic rings. The van der Waals surface area contributed by atoms with Crippen LogP contribution < -0.4 is 11.0 Å². The number of ketones is 1. The highest BCUT2D eigenvalue weighted by atomic mass is 32.2. The first-order valence-electron chi connectivity index (χ1n) is 8.91. The molecular formula is C19H26N4O3S. The van der Waals surface area contributed by atoms with E-state index in [0.29, 0.717) is 23.0 Å². The number of aromatic nitrogens is 3. The number of amides is 1. The van der Waals surface area contributed by atoms with Gasteiger partial charge in [0.2, 0.25) is 5.91 Å². The predicted molar refractivity (Wildman–Crippen MR) is 107 cm³/mol. The van der Waals surface area contributed by atoms with Crippen molar-refractivity contribution < 1.29 is 9.59 Å². The van der Waals surface area contributed by atoms with E-state index in [4.69, 9.17) is 0 Å². The van der Waals surface area contributed by atoms with Gasteiger partial charge in [0.05, 0.1) is 5.25 Å². The number of carbonyl (C=O) groups is 2. The van der Waals surface area contributed by atoms with Gasteiger partial charge < -0.3 is 5.32 Å². The van der Waals surface area contributed by atoms with E-state index in [9.17, 15) is 14.4 Å². The fraction of sp³-hybridized carbons (Fsp3) is 0.474. The lowest BCUT2D eigenvalue weighted by molar-refractivity contribution is -0.123. The monoisotopic (exact) mass is 390 g/mol. The van der Waals surface area contributed by atoms with Gasteiger partial charge in [0.1, 0.15) is 0 Å². The zero-order valence-corrected chi connectivity index (χ0v) is 17.1. The zero-order chi connectivity index (χ0) is 20.2. The first-order valence-corrected chi connectivity index (χ1v) is 9.79. The highest BCUT2D eigenvalue weighted by molar-refractivity contribution is 8.00. The number of aromatic amines is 1. The molecule has 0 aliphatic heterocycles. The maximum absolute atomic E-state index is 12.7. The maximum Gasteiger partial charge on any atom is 0.343 e. The van der Waals surface area contributed by atoms with Crippen molar-refractivity contribution in [3.05, 3.63) is 40.3 Å². The molecule has 2 rings (SSSR count). The summed E-state index contributed by atoms with van der Waals surface area (Å²) in [6, 6.07) is 6.83. The van der Waals surface area contributed by atoms with Crippen LogP contribution in [-0.2, 0) is 11.3 Å². The van der Waals surface area contributed by atoms with Crippen LogP contribution in [0.25, 0.3) is 0 Å². The number of thioether (sulfide) groups is 1. The Morgan fingerprint density at radius 2 is 1.89 bits per heavy atom. The molecule has 0 unspecified atom stereocenters. The van der Waals surface area contributed by atoms with Gasteiger partial charge in [0.15, 0.2) is 10.9 Å². The molecule has 0 fully saturated rings. The van der Waals surface area contributed by atoms with Crippen molar-refractivity contribution in [1.82, 2.24) is 14.8 Å². The molecular weight excluding hydrogens is 364 g/mol. The van der Waals surface area contributed by atoms with Gasteiger partial charge >= 0.3 is 5.69 Å². The summed E-state index contributed by atoms with van der Waals surface area (Å²) in [6.45, 7) is 9.84. The number of H-pyrrole nitrogens is 1. The van der Waals surface area contributed by atoms with Gasteiger partial charge in [-0.25, -0.2) is 9.89 Å². The molecule has 1 atom stereocenters. The van der Waals surface area contributed by atoms with Crippen molar-refractivity contribution in [3.8, 4) is 0 Å². The molecule has 1 amide bonds. The molecule has 8 heteroatoms. The molecule has 0 saturated heterocycles. The second kappa shape index (κ2) is 8.56. The molecule has 0 radical (unpaired) electrons. The molecule has 2 N–H and O–H groups in total. The zero-order valence-electron chi connectivity index (χ0n) is 16.3. The summed E-state index contributed by atoms with van der Waals surface area (Å²) >= 11 is 1.25. The van der Waals surface area contributed by atoms with Gasteiger partial charge in [0, 0.05) is 23.2 Å². The van der Waals surface area contributed by atoms with Gasteiger partial charge in [-0.1, -0.05) is 39.5 Å². The van der Waals surface area contributed by atoms with Crippen LogP contribution in [0.1, 0.15) is 51.4 Å². The van der Waals surface area contributed by atoms with E-state index in [1.54, 1.807) is 35.8 Å². The summed E-state index contributed by atoms with van der Waals surface area (Å²) in [6.07, 6.45) is 0.803. The van der Waals surface area contributed by atoms with Crippen molar-refractivity contribution in [2.24, 2.45) is 5.41 Å². The van der Waals surface area contributed by atoms with Crippen LogP contribution in [0.5, 0.6) is 0 Å². The van der Waals surface area contributed by atoms with Crippen molar-refractivity contribution in [3.63, 3.8) is 0 Å². The largest absolute Gasteiger partial charge is 0.343 e. The summed E-state index contributed by atoms with van der Waals surface area (Å²) in [5.74, 6) is -0.148. The Hall–Kier alpha value is -2.35. The lowest BCUT2D eigenvalue weighted by atomic mass is 9.95. The van der Waals surface area contributed by atoms with E-state index in [-0.39, 0.29) is 17.4 Å².